The highest BCUT2D eigenvalue weighted by Gasteiger charge is 2.31. The summed E-state index contributed by atoms with van der Waals surface area (Å²) in [5.41, 5.74) is 1.20. The summed E-state index contributed by atoms with van der Waals surface area (Å²) in [6.45, 7) is 5.61. The Morgan fingerprint density at radius 3 is 2.68 bits per heavy atom. The van der Waals surface area contributed by atoms with E-state index in [0.717, 1.165) is 0 Å². The molecule has 0 unspecified atom stereocenters. The molecular formula is C17H17BrClN3O3. The number of rotatable bonds is 1. The fourth-order valence-corrected chi connectivity index (χ4v) is 3.69. The van der Waals surface area contributed by atoms with Crippen molar-refractivity contribution < 1.29 is 14.3 Å². The van der Waals surface area contributed by atoms with Crippen molar-refractivity contribution in [3.63, 3.8) is 0 Å². The van der Waals surface area contributed by atoms with Crippen molar-refractivity contribution in [1.82, 2.24) is 14.5 Å². The normalized spacial score (nSPS) is 14.0. The molecule has 1 amide bonds. The second-order valence-electron chi connectivity index (χ2n) is 6.86. The first-order valence-electron chi connectivity index (χ1n) is 7.63. The van der Waals surface area contributed by atoms with Gasteiger partial charge in [-0.2, -0.15) is 0 Å². The van der Waals surface area contributed by atoms with Crippen LogP contribution in [0.4, 0.5) is 0 Å². The van der Waals surface area contributed by atoms with Gasteiger partial charge in [0, 0.05) is 16.5 Å². The quantitative estimate of drug-likeness (QED) is 0.650. The third kappa shape index (κ3) is 3.30. The molecule has 0 radical (unpaired) electrons. The predicted octanol–water partition coefficient (Wildman–Crippen LogP) is 3.83. The number of imidazole rings is 1. The van der Waals surface area contributed by atoms with Crippen LogP contribution in [-0.2, 0) is 11.3 Å². The van der Waals surface area contributed by atoms with Crippen molar-refractivity contribution in [2.45, 2.75) is 32.9 Å². The molecule has 1 aromatic heterocycles. The third-order valence-electron chi connectivity index (χ3n) is 3.69. The van der Waals surface area contributed by atoms with Gasteiger partial charge in [-0.25, -0.2) is 9.78 Å². The molecule has 0 N–H and O–H groups in total. The van der Waals surface area contributed by atoms with E-state index in [2.05, 4.69) is 20.9 Å². The zero-order valence-electron chi connectivity index (χ0n) is 14.3. The number of nitrogens with zero attached hydrogens (tertiary/aromatic N) is 3. The molecule has 0 spiro atoms. The molecular weight excluding hydrogens is 410 g/mol. The maximum Gasteiger partial charge on any atom is 0.359 e. The van der Waals surface area contributed by atoms with Gasteiger partial charge in [0.2, 0.25) is 0 Å². The second-order valence-corrected chi connectivity index (χ2v) is 8.15. The van der Waals surface area contributed by atoms with Crippen LogP contribution in [0.25, 0.3) is 5.69 Å². The molecule has 0 bridgehead atoms. The molecule has 0 atom stereocenters. The zero-order chi connectivity index (χ0) is 18.5. The van der Waals surface area contributed by atoms with Crippen molar-refractivity contribution in [2.24, 2.45) is 0 Å². The first-order chi connectivity index (χ1) is 11.6. The van der Waals surface area contributed by atoms with E-state index in [9.17, 15) is 9.59 Å². The standard InChI is InChI=1S/C17H17BrClN3O3/c1-17(2,3)25-16(24)13-12-7-21(4)15(23)10-5-9(19)6-11(18)14(10)22(12)8-20-13/h5-6,8H,7H2,1-4H3. The van der Waals surface area contributed by atoms with Crippen molar-refractivity contribution in [3.05, 3.63) is 44.9 Å². The lowest BCUT2D eigenvalue weighted by Crippen LogP contribution is -2.27. The van der Waals surface area contributed by atoms with E-state index in [1.807, 2.05) is 0 Å². The Hall–Kier alpha value is -1.86. The van der Waals surface area contributed by atoms with Gasteiger partial charge in [0.05, 0.1) is 23.5 Å². The van der Waals surface area contributed by atoms with Crippen molar-refractivity contribution in [1.29, 1.82) is 0 Å². The fraction of sp³-hybridized carbons (Fsp3) is 0.353. The highest BCUT2D eigenvalue weighted by molar-refractivity contribution is 9.10. The van der Waals surface area contributed by atoms with Crippen LogP contribution in [-0.4, -0.2) is 39.0 Å². The summed E-state index contributed by atoms with van der Waals surface area (Å²) in [5.74, 6) is -0.701. The molecule has 1 aliphatic heterocycles. The lowest BCUT2D eigenvalue weighted by atomic mass is 10.1. The summed E-state index contributed by atoms with van der Waals surface area (Å²) in [5, 5.41) is 0.448. The topological polar surface area (TPSA) is 64.4 Å². The van der Waals surface area contributed by atoms with Crippen LogP contribution in [0, 0.1) is 0 Å². The minimum Gasteiger partial charge on any atom is -0.455 e. The van der Waals surface area contributed by atoms with E-state index >= 15 is 0 Å². The molecule has 132 valence electrons. The number of carbonyl (C=O) groups is 2. The average Bonchev–Trinajstić information content (AvgIpc) is 2.83. The molecule has 25 heavy (non-hydrogen) atoms. The number of fused-ring (bicyclic) bond motifs is 3. The van der Waals surface area contributed by atoms with E-state index in [1.165, 1.54) is 11.2 Å². The SMILES string of the molecule is CN1Cc2c(C(=O)OC(C)(C)C)ncn2-c2c(Br)cc(Cl)cc2C1=O. The molecule has 6 nitrogen and oxygen atoms in total. The molecule has 2 aromatic rings. The highest BCUT2D eigenvalue weighted by atomic mass is 79.9. The summed E-state index contributed by atoms with van der Waals surface area (Å²) >= 11 is 9.56. The Kier molecular flexibility index (Phi) is 4.41. The van der Waals surface area contributed by atoms with Crippen LogP contribution in [0.15, 0.2) is 22.9 Å². The Balaban J connectivity index is 2.19. The first-order valence-corrected chi connectivity index (χ1v) is 8.80. The van der Waals surface area contributed by atoms with E-state index < -0.39 is 11.6 Å². The molecule has 0 saturated carbocycles. The van der Waals surface area contributed by atoms with Gasteiger partial charge in [0.1, 0.15) is 11.9 Å². The maximum atomic E-state index is 12.7. The van der Waals surface area contributed by atoms with Gasteiger partial charge >= 0.3 is 5.97 Å². The smallest absolute Gasteiger partial charge is 0.359 e. The van der Waals surface area contributed by atoms with Crippen molar-refractivity contribution in [2.75, 3.05) is 7.05 Å². The minimum absolute atomic E-state index is 0.183. The minimum atomic E-state index is -0.633. The average molecular weight is 427 g/mol. The number of halogens is 2. The van der Waals surface area contributed by atoms with Crippen molar-refractivity contribution >= 4 is 39.4 Å². The first kappa shape index (κ1) is 17.9. The van der Waals surface area contributed by atoms with Crippen LogP contribution in [0.2, 0.25) is 5.02 Å². The fourth-order valence-electron chi connectivity index (χ4n) is 2.69. The molecule has 0 fully saturated rings. The Morgan fingerprint density at radius 2 is 2.04 bits per heavy atom. The monoisotopic (exact) mass is 425 g/mol. The maximum absolute atomic E-state index is 12.7. The van der Waals surface area contributed by atoms with Crippen LogP contribution in [0.3, 0.4) is 0 Å². The second kappa shape index (κ2) is 6.14. The van der Waals surface area contributed by atoms with Crippen LogP contribution >= 0.6 is 27.5 Å². The lowest BCUT2D eigenvalue weighted by Gasteiger charge is -2.19. The number of ether oxygens (including phenoxy) is 1. The number of hydrogen-bond donors (Lipinski definition) is 0. The van der Waals surface area contributed by atoms with E-state index in [4.69, 9.17) is 16.3 Å². The van der Waals surface area contributed by atoms with Crippen molar-refractivity contribution in [3.8, 4) is 5.69 Å². The lowest BCUT2D eigenvalue weighted by molar-refractivity contribution is 0.00608. The van der Waals surface area contributed by atoms with Gasteiger partial charge in [-0.15, -0.1) is 0 Å². The van der Waals surface area contributed by atoms with Gasteiger partial charge < -0.3 is 9.64 Å². The van der Waals surface area contributed by atoms with E-state index in [1.54, 1.807) is 44.5 Å². The predicted molar refractivity (Wildman–Crippen MR) is 97.2 cm³/mol. The van der Waals surface area contributed by atoms with E-state index in [-0.39, 0.29) is 18.1 Å². The Bertz CT molecular complexity index is 886. The Labute approximate surface area is 158 Å². The number of hydrogen-bond acceptors (Lipinski definition) is 4. The third-order valence-corrected chi connectivity index (χ3v) is 4.51. The summed E-state index contributed by atoms with van der Waals surface area (Å²) in [4.78, 5) is 31.0. The van der Waals surface area contributed by atoms with Gasteiger partial charge in [-0.1, -0.05) is 11.6 Å². The number of amides is 1. The molecule has 8 heteroatoms. The van der Waals surface area contributed by atoms with Gasteiger partial charge in [-0.05, 0) is 48.8 Å². The highest BCUT2D eigenvalue weighted by Crippen LogP contribution is 2.34. The summed E-state index contributed by atoms with van der Waals surface area (Å²) in [6.07, 6.45) is 1.53. The molecule has 1 aromatic carbocycles. The van der Waals surface area contributed by atoms with Gasteiger partial charge in [0.25, 0.3) is 5.91 Å². The molecule has 2 heterocycles. The summed E-state index contributed by atoms with van der Waals surface area (Å²) < 4.78 is 7.82. The molecule has 1 aliphatic rings. The van der Waals surface area contributed by atoms with Gasteiger partial charge in [0.15, 0.2) is 5.69 Å². The molecule has 3 rings (SSSR count). The summed E-state index contributed by atoms with van der Waals surface area (Å²) in [7, 11) is 1.67. The van der Waals surface area contributed by atoms with Crippen LogP contribution in [0.1, 0.15) is 47.3 Å². The number of benzene rings is 1. The molecule has 0 saturated heterocycles. The number of esters is 1. The number of aromatic nitrogens is 2. The number of carbonyl (C=O) groups excluding carboxylic acids is 2. The van der Waals surface area contributed by atoms with Crippen LogP contribution < -0.4 is 0 Å². The largest absolute Gasteiger partial charge is 0.455 e. The summed E-state index contributed by atoms with van der Waals surface area (Å²) in [6, 6.07) is 3.32. The van der Waals surface area contributed by atoms with E-state index in [0.29, 0.717) is 26.4 Å². The van der Waals surface area contributed by atoms with Crippen LogP contribution in [0.5, 0.6) is 0 Å². The zero-order valence-corrected chi connectivity index (χ0v) is 16.6. The molecule has 0 aliphatic carbocycles. The van der Waals surface area contributed by atoms with Gasteiger partial charge in [-0.3, -0.25) is 9.36 Å². The Morgan fingerprint density at radius 1 is 1.36 bits per heavy atom.